The van der Waals surface area contributed by atoms with Gasteiger partial charge in [-0.15, -0.1) is 0 Å². The van der Waals surface area contributed by atoms with Crippen molar-refractivity contribution >= 4 is 34.0 Å². The van der Waals surface area contributed by atoms with E-state index in [2.05, 4.69) is 78.0 Å². The summed E-state index contributed by atoms with van der Waals surface area (Å²) in [5.74, 6) is 0.816. The summed E-state index contributed by atoms with van der Waals surface area (Å²) in [7, 11) is -4.13. The van der Waals surface area contributed by atoms with E-state index in [1.54, 1.807) is 4.23 Å². The molecule has 0 saturated carbocycles. The number of rotatable bonds is 6. The first-order chi connectivity index (χ1) is 13.4. The summed E-state index contributed by atoms with van der Waals surface area (Å²) in [4.78, 5) is 19.8. The molecule has 172 valence electrons. The molecular weight excluding hydrogens is 414 g/mol. The van der Waals surface area contributed by atoms with Crippen LogP contribution < -0.4 is 21.5 Å². The molecule has 2 heterocycles. The normalized spacial score (nSPS) is 16.4. The van der Waals surface area contributed by atoms with Crippen LogP contribution in [-0.2, 0) is 9.16 Å². The zero-order valence-corrected chi connectivity index (χ0v) is 22.6. The van der Waals surface area contributed by atoms with Crippen LogP contribution >= 0.6 is 0 Å². The van der Waals surface area contributed by atoms with E-state index in [-0.39, 0.29) is 34.6 Å². The third-order valence-corrected chi connectivity index (χ3v) is 16.7. The fourth-order valence-corrected chi connectivity index (χ4v) is 6.13. The second-order valence-electron chi connectivity index (χ2n) is 11.2. The number of anilines is 3. The van der Waals surface area contributed by atoms with Crippen LogP contribution in [0, 0.1) is 0 Å². The van der Waals surface area contributed by atoms with Crippen LogP contribution in [0.4, 0.5) is 17.5 Å². The molecule has 0 radical (unpaired) electrons. The highest BCUT2D eigenvalue weighted by Crippen LogP contribution is 2.39. The maximum Gasteiger partial charge on any atom is 0.272 e. The number of hydrogen-bond acceptors (Lipinski definition) is 7. The van der Waals surface area contributed by atoms with E-state index in [0.29, 0.717) is 18.2 Å². The number of nitrogen functional groups attached to an aromatic ring is 1. The maximum absolute atomic E-state index is 13.3. The van der Waals surface area contributed by atoms with Crippen LogP contribution in [0.5, 0.6) is 0 Å². The summed E-state index contributed by atoms with van der Waals surface area (Å²) < 4.78 is 14.0. The molecule has 10 heteroatoms. The van der Waals surface area contributed by atoms with Crippen molar-refractivity contribution in [2.24, 2.45) is 0 Å². The Bertz CT molecular complexity index is 841. The fraction of sp³-hybridized carbons (Fsp3) is 0.800. The molecule has 0 aromatic carbocycles. The van der Waals surface area contributed by atoms with Gasteiger partial charge in [-0.1, -0.05) is 54.6 Å². The molecule has 30 heavy (non-hydrogen) atoms. The predicted molar refractivity (Wildman–Crippen MR) is 130 cm³/mol. The van der Waals surface area contributed by atoms with Gasteiger partial charge in [0.1, 0.15) is 18.7 Å². The van der Waals surface area contributed by atoms with Crippen LogP contribution in [0.1, 0.15) is 48.5 Å². The van der Waals surface area contributed by atoms with Crippen LogP contribution in [-0.4, -0.2) is 45.5 Å². The van der Waals surface area contributed by atoms with Crippen molar-refractivity contribution < 1.29 is 9.16 Å². The lowest BCUT2D eigenvalue weighted by Crippen LogP contribution is -2.52. The number of hydrogen-bond donors (Lipinski definition) is 2. The standard InChI is InChI=1S/C20H41N5O3Si2/c1-14(28-30(10,11)20(5,6)7)27-13-24-12-22-15-16(24)23-18(21)25(17(15)26)29(8,9)19(2,3)4/h14,22H,12-13H2,1-11H3,(H2,21,23). The Balaban J connectivity index is 2.21. The lowest BCUT2D eigenvalue weighted by Gasteiger charge is -2.38. The Morgan fingerprint density at radius 1 is 1.13 bits per heavy atom. The second kappa shape index (κ2) is 7.96. The molecule has 1 aliphatic rings. The predicted octanol–water partition coefficient (Wildman–Crippen LogP) is 4.21. The Labute approximate surface area is 183 Å². The number of aromatic nitrogens is 2. The number of nitrogens with two attached hydrogens (primary N) is 1. The van der Waals surface area contributed by atoms with Crippen LogP contribution in [0.15, 0.2) is 4.79 Å². The van der Waals surface area contributed by atoms with Gasteiger partial charge in [0.25, 0.3) is 5.56 Å². The minimum atomic E-state index is -2.20. The van der Waals surface area contributed by atoms with Gasteiger partial charge in [0.2, 0.25) is 0 Å². The van der Waals surface area contributed by atoms with Crippen molar-refractivity contribution in [3.05, 3.63) is 10.4 Å². The molecule has 0 amide bonds. The largest absolute Gasteiger partial charge is 0.392 e. The third kappa shape index (κ3) is 4.61. The van der Waals surface area contributed by atoms with E-state index in [4.69, 9.17) is 14.9 Å². The third-order valence-electron chi connectivity index (χ3n) is 6.96. The molecule has 0 saturated heterocycles. The van der Waals surface area contributed by atoms with Gasteiger partial charge in [-0.2, -0.15) is 4.98 Å². The molecular formula is C20H41N5O3Si2. The SMILES string of the molecule is CC(OCN1CNc2c1nc(N)n([Si](C)(C)C(C)(C)C)c2=O)O[Si](C)(C)C(C)(C)C. The van der Waals surface area contributed by atoms with Crippen molar-refractivity contribution in [3.63, 3.8) is 0 Å². The molecule has 0 spiro atoms. The number of nitrogens with zero attached hydrogens (tertiary/aromatic N) is 3. The van der Waals surface area contributed by atoms with Gasteiger partial charge < -0.3 is 29.3 Å². The zero-order valence-electron chi connectivity index (χ0n) is 20.6. The lowest BCUT2D eigenvalue weighted by atomic mass is 10.2. The van der Waals surface area contributed by atoms with Crippen molar-refractivity contribution in [3.8, 4) is 0 Å². The Morgan fingerprint density at radius 3 is 2.20 bits per heavy atom. The molecule has 0 aliphatic carbocycles. The van der Waals surface area contributed by atoms with Crippen molar-refractivity contribution in [2.45, 2.75) is 91.0 Å². The van der Waals surface area contributed by atoms with Gasteiger partial charge in [0.05, 0.1) is 6.67 Å². The molecule has 0 fully saturated rings. The van der Waals surface area contributed by atoms with E-state index in [9.17, 15) is 4.79 Å². The van der Waals surface area contributed by atoms with Gasteiger partial charge in [-0.05, 0) is 30.1 Å². The zero-order chi connectivity index (χ0) is 23.3. The van der Waals surface area contributed by atoms with Crippen molar-refractivity contribution in [1.29, 1.82) is 0 Å². The fourth-order valence-electron chi connectivity index (χ4n) is 2.96. The van der Waals surface area contributed by atoms with Gasteiger partial charge in [0, 0.05) is 0 Å². The van der Waals surface area contributed by atoms with E-state index in [1.807, 2.05) is 11.8 Å². The average Bonchev–Trinajstić information content (AvgIpc) is 2.93. The van der Waals surface area contributed by atoms with Crippen LogP contribution in [0.3, 0.4) is 0 Å². The minimum Gasteiger partial charge on any atom is -0.392 e. The summed E-state index contributed by atoms with van der Waals surface area (Å²) >= 11 is 0. The van der Waals surface area contributed by atoms with Gasteiger partial charge in [-0.25, -0.2) is 0 Å². The Kier molecular flexibility index (Phi) is 6.60. The summed E-state index contributed by atoms with van der Waals surface area (Å²) in [5.41, 5.74) is 6.69. The summed E-state index contributed by atoms with van der Waals surface area (Å²) in [6.45, 7) is 24.4. The smallest absolute Gasteiger partial charge is 0.272 e. The molecule has 2 rings (SSSR count). The summed E-state index contributed by atoms with van der Waals surface area (Å²) in [6, 6.07) is 0. The molecule has 3 N–H and O–H groups in total. The van der Waals surface area contributed by atoms with E-state index in [1.165, 1.54) is 0 Å². The molecule has 1 unspecified atom stereocenters. The van der Waals surface area contributed by atoms with Crippen LogP contribution in [0.2, 0.25) is 36.3 Å². The number of nitrogens with one attached hydrogen (secondary N) is 1. The molecule has 1 aromatic rings. The van der Waals surface area contributed by atoms with Gasteiger partial charge in [0.15, 0.2) is 28.3 Å². The highest BCUT2D eigenvalue weighted by atomic mass is 28.4. The second-order valence-corrected chi connectivity index (χ2v) is 21.1. The molecule has 1 aliphatic heterocycles. The molecule has 1 aromatic heterocycles. The summed E-state index contributed by atoms with van der Waals surface area (Å²) in [6.07, 6.45) is -0.347. The molecule has 1 atom stereocenters. The van der Waals surface area contributed by atoms with Crippen LogP contribution in [0.25, 0.3) is 0 Å². The van der Waals surface area contributed by atoms with E-state index in [0.717, 1.165) is 0 Å². The molecule has 8 nitrogen and oxygen atoms in total. The topological polar surface area (TPSA) is 94.6 Å². The number of fused-ring (bicyclic) bond motifs is 1. The van der Waals surface area contributed by atoms with Crippen molar-refractivity contribution in [2.75, 3.05) is 29.3 Å². The highest BCUT2D eigenvalue weighted by molar-refractivity contribution is 6.79. The van der Waals surface area contributed by atoms with Crippen molar-refractivity contribution in [1.82, 2.24) is 9.22 Å². The monoisotopic (exact) mass is 455 g/mol. The van der Waals surface area contributed by atoms with E-state index >= 15 is 0 Å². The highest BCUT2D eigenvalue weighted by Gasteiger charge is 2.42. The lowest BCUT2D eigenvalue weighted by molar-refractivity contribution is -0.0741. The Hall–Kier alpha value is -1.37. The first kappa shape index (κ1) is 24.9. The Morgan fingerprint density at radius 2 is 1.70 bits per heavy atom. The van der Waals surface area contributed by atoms with Gasteiger partial charge >= 0.3 is 0 Å². The minimum absolute atomic E-state index is 0.0429. The van der Waals surface area contributed by atoms with E-state index < -0.39 is 16.6 Å². The number of ether oxygens (including phenoxy) is 1. The first-order valence-corrected chi connectivity index (χ1v) is 16.5. The summed E-state index contributed by atoms with van der Waals surface area (Å²) in [5, 5.41) is 3.26. The van der Waals surface area contributed by atoms with Gasteiger partial charge in [-0.3, -0.25) is 4.79 Å². The average molecular weight is 456 g/mol. The quantitative estimate of drug-likeness (QED) is 0.490. The maximum atomic E-state index is 13.3. The molecule has 0 bridgehead atoms. The first-order valence-electron chi connectivity index (χ1n) is 10.6.